The van der Waals surface area contributed by atoms with Crippen LogP contribution in [-0.4, -0.2) is 28.4 Å². The summed E-state index contributed by atoms with van der Waals surface area (Å²) in [4.78, 5) is 17.2. The molecule has 2 aromatic heterocycles. The Bertz CT molecular complexity index is 1200. The van der Waals surface area contributed by atoms with E-state index in [9.17, 15) is 4.79 Å². The van der Waals surface area contributed by atoms with Gasteiger partial charge in [0.15, 0.2) is 0 Å². The molecule has 5 nitrogen and oxygen atoms in total. The van der Waals surface area contributed by atoms with Crippen LogP contribution >= 0.6 is 0 Å². The summed E-state index contributed by atoms with van der Waals surface area (Å²) in [6.45, 7) is 5.38. The number of aryl methyl sites for hydroxylation is 1. The molecule has 1 amide bonds. The van der Waals surface area contributed by atoms with Crippen LogP contribution in [0.2, 0.25) is 0 Å². The van der Waals surface area contributed by atoms with Crippen molar-refractivity contribution in [1.82, 2.24) is 14.7 Å². The molecule has 0 saturated heterocycles. The SMILES string of the molecule is CCCNC(=O)CCc1c(-c2ccccc2)nc2ccc(-c3cccc(OCC)c3)cn12. The van der Waals surface area contributed by atoms with Crippen molar-refractivity contribution in [1.29, 1.82) is 0 Å². The van der Waals surface area contributed by atoms with Crippen molar-refractivity contribution in [2.24, 2.45) is 0 Å². The number of benzene rings is 2. The molecule has 0 bridgehead atoms. The number of fused-ring (bicyclic) bond motifs is 1. The minimum Gasteiger partial charge on any atom is -0.494 e. The van der Waals surface area contributed by atoms with Crippen LogP contribution in [0.25, 0.3) is 28.0 Å². The van der Waals surface area contributed by atoms with Gasteiger partial charge >= 0.3 is 0 Å². The highest BCUT2D eigenvalue weighted by atomic mass is 16.5. The molecule has 2 aromatic carbocycles. The van der Waals surface area contributed by atoms with Crippen LogP contribution in [0.3, 0.4) is 0 Å². The number of amides is 1. The lowest BCUT2D eigenvalue weighted by atomic mass is 10.1. The summed E-state index contributed by atoms with van der Waals surface area (Å²) in [6.07, 6.45) is 4.08. The molecule has 0 unspecified atom stereocenters. The van der Waals surface area contributed by atoms with Crippen LogP contribution in [0.1, 0.15) is 32.4 Å². The van der Waals surface area contributed by atoms with Gasteiger partial charge in [0.2, 0.25) is 5.91 Å². The van der Waals surface area contributed by atoms with E-state index in [1.54, 1.807) is 0 Å². The molecule has 5 heteroatoms. The van der Waals surface area contributed by atoms with Crippen molar-refractivity contribution in [3.63, 3.8) is 0 Å². The standard InChI is InChI=1S/C27H29N3O2/c1-3-17-28-26(31)16-14-24-27(20-9-6-5-7-10-20)29-25-15-13-22(19-30(24)25)21-11-8-12-23(18-21)32-4-2/h5-13,15,18-19H,3-4,14,16-17H2,1-2H3,(H,28,31). The molecule has 0 spiro atoms. The number of nitrogens with one attached hydrogen (secondary N) is 1. The number of pyridine rings is 1. The van der Waals surface area contributed by atoms with Gasteiger partial charge in [-0.25, -0.2) is 4.98 Å². The number of carbonyl (C=O) groups excluding carboxylic acids is 1. The van der Waals surface area contributed by atoms with Crippen molar-refractivity contribution in [2.75, 3.05) is 13.2 Å². The van der Waals surface area contributed by atoms with Crippen molar-refractivity contribution >= 4 is 11.6 Å². The van der Waals surface area contributed by atoms with Crippen molar-refractivity contribution < 1.29 is 9.53 Å². The Labute approximate surface area is 189 Å². The Morgan fingerprint density at radius 1 is 0.969 bits per heavy atom. The first-order valence-corrected chi connectivity index (χ1v) is 11.3. The fraction of sp³-hybridized carbons (Fsp3) is 0.259. The molecule has 164 valence electrons. The largest absolute Gasteiger partial charge is 0.494 e. The summed E-state index contributed by atoms with van der Waals surface area (Å²) < 4.78 is 7.80. The van der Waals surface area contributed by atoms with Crippen molar-refractivity contribution in [3.8, 4) is 28.1 Å². The third kappa shape index (κ3) is 4.83. The zero-order valence-corrected chi connectivity index (χ0v) is 18.7. The molecule has 0 aliphatic carbocycles. The lowest BCUT2D eigenvalue weighted by molar-refractivity contribution is -0.121. The fourth-order valence-electron chi connectivity index (χ4n) is 3.85. The lowest BCUT2D eigenvalue weighted by Gasteiger charge is -2.09. The summed E-state index contributed by atoms with van der Waals surface area (Å²) >= 11 is 0. The van der Waals surface area contributed by atoms with Gasteiger partial charge in [0.25, 0.3) is 0 Å². The van der Waals surface area contributed by atoms with Gasteiger partial charge < -0.3 is 14.5 Å². The third-order valence-corrected chi connectivity index (χ3v) is 5.40. The topological polar surface area (TPSA) is 55.6 Å². The summed E-state index contributed by atoms with van der Waals surface area (Å²) in [7, 11) is 0. The van der Waals surface area contributed by atoms with Crippen molar-refractivity contribution in [3.05, 3.63) is 78.6 Å². The van der Waals surface area contributed by atoms with E-state index >= 15 is 0 Å². The van der Waals surface area contributed by atoms with E-state index in [1.807, 2.05) is 43.3 Å². The van der Waals surface area contributed by atoms with Crippen LogP contribution in [0, 0.1) is 0 Å². The molecule has 4 aromatic rings. The number of aromatic nitrogens is 2. The third-order valence-electron chi connectivity index (χ3n) is 5.40. The Morgan fingerprint density at radius 2 is 1.78 bits per heavy atom. The Kier molecular flexibility index (Phi) is 6.85. The first-order valence-electron chi connectivity index (χ1n) is 11.3. The molecule has 0 radical (unpaired) electrons. The second-order valence-corrected chi connectivity index (χ2v) is 7.73. The first kappa shape index (κ1) is 21.6. The smallest absolute Gasteiger partial charge is 0.220 e. The molecular formula is C27H29N3O2. The van der Waals surface area contributed by atoms with Gasteiger partial charge in [-0.3, -0.25) is 4.79 Å². The highest BCUT2D eigenvalue weighted by Crippen LogP contribution is 2.29. The number of rotatable bonds is 9. The van der Waals surface area contributed by atoms with Crippen LogP contribution in [0.5, 0.6) is 5.75 Å². The number of carbonyl (C=O) groups is 1. The molecular weight excluding hydrogens is 398 g/mol. The van der Waals surface area contributed by atoms with Crippen LogP contribution in [-0.2, 0) is 11.2 Å². The second kappa shape index (κ2) is 10.1. The van der Waals surface area contributed by atoms with Crippen LogP contribution in [0.15, 0.2) is 72.9 Å². The van der Waals surface area contributed by atoms with Crippen LogP contribution in [0.4, 0.5) is 0 Å². The lowest BCUT2D eigenvalue weighted by Crippen LogP contribution is -2.24. The minimum absolute atomic E-state index is 0.0707. The van der Waals surface area contributed by atoms with Gasteiger partial charge in [-0.05, 0) is 55.2 Å². The summed E-state index contributed by atoms with van der Waals surface area (Å²) in [5, 5.41) is 2.97. The van der Waals surface area contributed by atoms with Gasteiger partial charge in [-0.15, -0.1) is 0 Å². The average Bonchev–Trinajstić information content (AvgIpc) is 3.20. The average molecular weight is 428 g/mol. The van der Waals surface area contributed by atoms with Gasteiger partial charge in [-0.2, -0.15) is 0 Å². The van der Waals surface area contributed by atoms with E-state index in [2.05, 4.69) is 53.2 Å². The van der Waals surface area contributed by atoms with Gasteiger partial charge in [0.1, 0.15) is 11.4 Å². The molecule has 32 heavy (non-hydrogen) atoms. The van der Waals surface area contributed by atoms with E-state index in [0.29, 0.717) is 26.0 Å². The molecule has 2 heterocycles. The normalized spacial score (nSPS) is 10.9. The molecule has 4 rings (SSSR count). The van der Waals surface area contributed by atoms with E-state index in [-0.39, 0.29) is 5.91 Å². The fourth-order valence-corrected chi connectivity index (χ4v) is 3.85. The predicted molar refractivity (Wildman–Crippen MR) is 129 cm³/mol. The number of imidazole rings is 1. The molecule has 0 aliphatic rings. The van der Waals surface area contributed by atoms with E-state index in [0.717, 1.165) is 45.9 Å². The van der Waals surface area contributed by atoms with E-state index in [4.69, 9.17) is 9.72 Å². The zero-order chi connectivity index (χ0) is 22.3. The zero-order valence-electron chi connectivity index (χ0n) is 18.7. The van der Waals surface area contributed by atoms with Crippen molar-refractivity contribution in [2.45, 2.75) is 33.1 Å². The maximum absolute atomic E-state index is 12.3. The van der Waals surface area contributed by atoms with Gasteiger partial charge in [0.05, 0.1) is 18.0 Å². The monoisotopic (exact) mass is 427 g/mol. The minimum atomic E-state index is 0.0707. The Hall–Kier alpha value is -3.60. The Balaban J connectivity index is 1.75. The molecule has 0 fully saturated rings. The summed E-state index contributed by atoms with van der Waals surface area (Å²) in [5.41, 5.74) is 6.06. The number of hydrogen-bond donors (Lipinski definition) is 1. The maximum Gasteiger partial charge on any atom is 0.220 e. The van der Waals surface area contributed by atoms with E-state index in [1.165, 1.54) is 0 Å². The summed E-state index contributed by atoms with van der Waals surface area (Å²) in [5.74, 6) is 0.926. The maximum atomic E-state index is 12.3. The number of nitrogens with zero attached hydrogens (tertiary/aromatic N) is 2. The number of ether oxygens (including phenoxy) is 1. The van der Waals surface area contributed by atoms with Gasteiger partial charge in [-0.1, -0.05) is 49.4 Å². The second-order valence-electron chi connectivity index (χ2n) is 7.73. The predicted octanol–water partition coefficient (Wildman–Crippen LogP) is 5.53. The van der Waals surface area contributed by atoms with E-state index < -0.39 is 0 Å². The number of hydrogen-bond acceptors (Lipinski definition) is 3. The molecule has 0 aliphatic heterocycles. The van der Waals surface area contributed by atoms with Gasteiger partial charge in [0, 0.05) is 24.7 Å². The first-order chi connectivity index (χ1) is 15.7. The molecule has 1 N–H and O–H groups in total. The molecule has 0 saturated carbocycles. The Morgan fingerprint density at radius 3 is 2.56 bits per heavy atom. The highest BCUT2D eigenvalue weighted by Gasteiger charge is 2.16. The highest BCUT2D eigenvalue weighted by molar-refractivity contribution is 5.77. The quantitative estimate of drug-likeness (QED) is 0.382. The van der Waals surface area contributed by atoms with Crippen LogP contribution < -0.4 is 10.1 Å². The molecule has 0 atom stereocenters. The summed E-state index contributed by atoms with van der Waals surface area (Å²) in [6, 6.07) is 22.4.